The Morgan fingerprint density at radius 2 is 1.89 bits per heavy atom. The normalized spacial score (nSPS) is 13.6. The molecule has 4 rings (SSSR count). The van der Waals surface area contributed by atoms with Crippen LogP contribution >= 0.6 is 0 Å². The van der Waals surface area contributed by atoms with Gasteiger partial charge in [0.2, 0.25) is 0 Å². The zero-order valence-corrected chi connectivity index (χ0v) is 16.0. The molecule has 0 saturated carbocycles. The highest BCUT2D eigenvalue weighted by Crippen LogP contribution is 2.32. The van der Waals surface area contributed by atoms with Crippen molar-refractivity contribution in [2.45, 2.75) is 19.5 Å². The van der Waals surface area contributed by atoms with E-state index in [2.05, 4.69) is 4.98 Å². The van der Waals surface area contributed by atoms with E-state index < -0.39 is 0 Å². The van der Waals surface area contributed by atoms with Crippen LogP contribution in [0, 0.1) is 0 Å². The van der Waals surface area contributed by atoms with Gasteiger partial charge in [-0.3, -0.25) is 14.5 Å². The zero-order valence-electron chi connectivity index (χ0n) is 16.0. The Bertz CT molecular complexity index is 985. The van der Waals surface area contributed by atoms with Gasteiger partial charge < -0.3 is 14.4 Å². The molecule has 28 heavy (non-hydrogen) atoms. The minimum atomic E-state index is -0.0529. The molecule has 0 bridgehead atoms. The largest absolute Gasteiger partial charge is 0.493 e. The fourth-order valence-electron chi connectivity index (χ4n) is 3.42. The molecule has 0 radical (unpaired) electrons. The summed E-state index contributed by atoms with van der Waals surface area (Å²) in [5, 5.41) is 4.75. The summed E-state index contributed by atoms with van der Waals surface area (Å²) in [6, 6.07) is 13.2. The average Bonchev–Trinajstić information content (AvgIpc) is 3.04. The lowest BCUT2D eigenvalue weighted by Crippen LogP contribution is -2.31. The van der Waals surface area contributed by atoms with Gasteiger partial charge in [0.1, 0.15) is 5.69 Å². The van der Waals surface area contributed by atoms with E-state index in [-0.39, 0.29) is 5.91 Å². The van der Waals surface area contributed by atoms with Crippen LogP contribution in [0.5, 0.6) is 11.5 Å². The summed E-state index contributed by atoms with van der Waals surface area (Å²) in [4.78, 5) is 18.8. The Morgan fingerprint density at radius 3 is 2.64 bits per heavy atom. The topological polar surface area (TPSA) is 69.5 Å². The van der Waals surface area contributed by atoms with Gasteiger partial charge in [0.25, 0.3) is 5.91 Å². The SMILES string of the molecule is COc1ccc(-c2cc3n(n2)CCCN(C(=O)c2ccccn2)C3)cc1OC. The Hall–Kier alpha value is -3.35. The number of hydrogen-bond donors (Lipinski definition) is 0. The second kappa shape index (κ2) is 7.72. The number of amides is 1. The Labute approximate surface area is 163 Å². The van der Waals surface area contributed by atoms with Crippen LogP contribution in [-0.2, 0) is 13.1 Å². The second-order valence-corrected chi connectivity index (χ2v) is 6.61. The molecule has 0 fully saturated rings. The highest BCUT2D eigenvalue weighted by molar-refractivity contribution is 5.92. The maximum absolute atomic E-state index is 12.8. The van der Waals surface area contributed by atoms with Crippen molar-refractivity contribution in [3.05, 3.63) is 60.0 Å². The van der Waals surface area contributed by atoms with E-state index in [0.29, 0.717) is 30.3 Å². The number of carbonyl (C=O) groups excluding carboxylic acids is 1. The van der Waals surface area contributed by atoms with Gasteiger partial charge in [0.15, 0.2) is 11.5 Å². The number of aromatic nitrogens is 3. The van der Waals surface area contributed by atoms with Crippen LogP contribution in [0.15, 0.2) is 48.7 Å². The van der Waals surface area contributed by atoms with Crippen molar-refractivity contribution in [3.63, 3.8) is 0 Å². The van der Waals surface area contributed by atoms with E-state index >= 15 is 0 Å². The quantitative estimate of drug-likeness (QED) is 0.698. The molecule has 1 amide bonds. The average molecular weight is 378 g/mol. The number of methoxy groups -OCH3 is 2. The first-order valence-electron chi connectivity index (χ1n) is 9.19. The molecule has 3 heterocycles. The fraction of sp³-hybridized carbons (Fsp3) is 0.286. The van der Waals surface area contributed by atoms with Crippen LogP contribution in [0.4, 0.5) is 0 Å². The number of ether oxygens (including phenoxy) is 2. The number of fused-ring (bicyclic) bond motifs is 1. The molecule has 0 spiro atoms. The molecule has 1 aliphatic rings. The molecule has 0 saturated heterocycles. The molecule has 3 aromatic rings. The predicted molar refractivity (Wildman–Crippen MR) is 104 cm³/mol. The first-order valence-corrected chi connectivity index (χ1v) is 9.19. The van der Waals surface area contributed by atoms with Crippen molar-refractivity contribution in [2.75, 3.05) is 20.8 Å². The third-order valence-electron chi connectivity index (χ3n) is 4.86. The smallest absolute Gasteiger partial charge is 0.272 e. The molecule has 7 nitrogen and oxygen atoms in total. The molecular formula is C21H22N4O3. The van der Waals surface area contributed by atoms with Gasteiger partial charge >= 0.3 is 0 Å². The molecule has 0 atom stereocenters. The van der Waals surface area contributed by atoms with E-state index in [4.69, 9.17) is 14.6 Å². The van der Waals surface area contributed by atoms with Crippen molar-refractivity contribution in [3.8, 4) is 22.8 Å². The zero-order chi connectivity index (χ0) is 19.5. The second-order valence-electron chi connectivity index (χ2n) is 6.61. The summed E-state index contributed by atoms with van der Waals surface area (Å²) in [5.74, 6) is 1.29. The van der Waals surface area contributed by atoms with E-state index in [9.17, 15) is 4.79 Å². The highest BCUT2D eigenvalue weighted by Gasteiger charge is 2.23. The van der Waals surface area contributed by atoms with Gasteiger partial charge in [0.05, 0.1) is 32.2 Å². The maximum atomic E-state index is 12.8. The van der Waals surface area contributed by atoms with Gasteiger partial charge in [-0.05, 0) is 42.8 Å². The summed E-state index contributed by atoms with van der Waals surface area (Å²) in [5.41, 5.74) is 3.27. The Morgan fingerprint density at radius 1 is 1.04 bits per heavy atom. The Balaban J connectivity index is 1.61. The van der Waals surface area contributed by atoms with Crippen LogP contribution in [-0.4, -0.2) is 46.3 Å². The van der Waals surface area contributed by atoms with Crippen molar-refractivity contribution < 1.29 is 14.3 Å². The van der Waals surface area contributed by atoms with Crippen molar-refractivity contribution in [2.24, 2.45) is 0 Å². The summed E-state index contributed by atoms with van der Waals surface area (Å²) in [7, 11) is 3.23. The van der Waals surface area contributed by atoms with Crippen molar-refractivity contribution in [1.82, 2.24) is 19.7 Å². The first-order chi connectivity index (χ1) is 13.7. The fourth-order valence-corrected chi connectivity index (χ4v) is 3.42. The molecule has 1 aliphatic heterocycles. The lowest BCUT2D eigenvalue weighted by molar-refractivity contribution is 0.0740. The number of nitrogens with zero attached hydrogens (tertiary/aromatic N) is 4. The first kappa shape index (κ1) is 18.0. The molecule has 7 heteroatoms. The van der Waals surface area contributed by atoms with E-state index in [1.807, 2.05) is 46.0 Å². The summed E-state index contributed by atoms with van der Waals surface area (Å²) >= 11 is 0. The van der Waals surface area contributed by atoms with Gasteiger partial charge in [-0.2, -0.15) is 5.10 Å². The van der Waals surface area contributed by atoms with Crippen LogP contribution in [0.2, 0.25) is 0 Å². The summed E-state index contributed by atoms with van der Waals surface area (Å²) in [6.45, 7) is 1.97. The number of pyridine rings is 1. The molecule has 0 N–H and O–H groups in total. The number of carbonyl (C=O) groups is 1. The lowest BCUT2D eigenvalue weighted by Gasteiger charge is -2.19. The van der Waals surface area contributed by atoms with E-state index in [0.717, 1.165) is 29.9 Å². The number of hydrogen-bond acceptors (Lipinski definition) is 5. The molecule has 0 unspecified atom stereocenters. The highest BCUT2D eigenvalue weighted by atomic mass is 16.5. The van der Waals surface area contributed by atoms with Crippen LogP contribution in [0.1, 0.15) is 22.6 Å². The molecular weight excluding hydrogens is 356 g/mol. The van der Waals surface area contributed by atoms with E-state index in [1.54, 1.807) is 26.5 Å². The third-order valence-corrected chi connectivity index (χ3v) is 4.86. The number of rotatable bonds is 4. The molecule has 1 aromatic carbocycles. The van der Waals surface area contributed by atoms with Gasteiger partial charge in [-0.15, -0.1) is 0 Å². The molecule has 2 aromatic heterocycles. The molecule has 0 aliphatic carbocycles. The maximum Gasteiger partial charge on any atom is 0.272 e. The minimum absolute atomic E-state index is 0.0529. The van der Waals surface area contributed by atoms with E-state index in [1.165, 1.54) is 0 Å². The minimum Gasteiger partial charge on any atom is -0.493 e. The number of benzene rings is 1. The predicted octanol–water partition coefficient (Wildman–Crippen LogP) is 3.01. The van der Waals surface area contributed by atoms with Crippen molar-refractivity contribution in [1.29, 1.82) is 0 Å². The lowest BCUT2D eigenvalue weighted by atomic mass is 10.1. The van der Waals surface area contributed by atoms with Crippen LogP contribution < -0.4 is 9.47 Å². The van der Waals surface area contributed by atoms with Gasteiger partial charge in [-0.1, -0.05) is 6.07 Å². The third kappa shape index (κ3) is 3.43. The van der Waals surface area contributed by atoms with Gasteiger partial charge in [-0.25, -0.2) is 0 Å². The summed E-state index contributed by atoms with van der Waals surface area (Å²) in [6.07, 6.45) is 2.49. The van der Waals surface area contributed by atoms with Crippen molar-refractivity contribution >= 4 is 5.91 Å². The monoisotopic (exact) mass is 378 g/mol. The standard InChI is InChI=1S/C21H22N4O3/c1-27-19-8-7-15(12-20(19)28-2)18-13-16-14-24(10-5-11-25(16)23-18)21(26)17-6-3-4-9-22-17/h3-4,6-9,12-13H,5,10-11,14H2,1-2H3. The molecule has 144 valence electrons. The van der Waals surface area contributed by atoms with Crippen LogP contribution in [0.3, 0.4) is 0 Å². The van der Waals surface area contributed by atoms with Crippen LogP contribution in [0.25, 0.3) is 11.3 Å². The Kier molecular flexibility index (Phi) is 4.97. The number of aryl methyl sites for hydroxylation is 1. The summed E-state index contributed by atoms with van der Waals surface area (Å²) < 4.78 is 12.7. The van der Waals surface area contributed by atoms with Gasteiger partial charge in [0, 0.05) is 24.8 Å².